The number of aryl methyl sites for hydroxylation is 2. The Bertz CT molecular complexity index is 1340. The van der Waals surface area contributed by atoms with E-state index in [1.54, 1.807) is 12.1 Å². The summed E-state index contributed by atoms with van der Waals surface area (Å²) in [5.41, 5.74) is 6.61. The van der Waals surface area contributed by atoms with Gasteiger partial charge in [0.15, 0.2) is 0 Å². The molecule has 3 aromatic heterocycles. The summed E-state index contributed by atoms with van der Waals surface area (Å²) >= 11 is 0. The third-order valence-corrected chi connectivity index (χ3v) is 6.62. The van der Waals surface area contributed by atoms with Gasteiger partial charge in [0.05, 0.1) is 22.0 Å². The number of benzene rings is 1. The van der Waals surface area contributed by atoms with Gasteiger partial charge in [0.1, 0.15) is 11.3 Å². The van der Waals surface area contributed by atoms with Gasteiger partial charge in [0.25, 0.3) is 5.69 Å². The van der Waals surface area contributed by atoms with Crippen molar-refractivity contribution in [1.29, 1.82) is 0 Å². The maximum absolute atomic E-state index is 11.2. The lowest BCUT2D eigenvalue weighted by Gasteiger charge is -2.30. The van der Waals surface area contributed by atoms with E-state index in [1.807, 2.05) is 18.2 Å². The number of non-ortho nitro benzene ring substituents is 1. The Morgan fingerprint density at radius 2 is 1.84 bits per heavy atom. The van der Waals surface area contributed by atoms with Crippen molar-refractivity contribution in [2.45, 2.75) is 40.2 Å². The first-order valence-electron chi connectivity index (χ1n) is 11.2. The molecule has 0 N–H and O–H groups in total. The Labute approximate surface area is 186 Å². The van der Waals surface area contributed by atoms with Crippen LogP contribution in [0.4, 0.5) is 5.69 Å². The first-order chi connectivity index (χ1) is 15.4. The van der Waals surface area contributed by atoms with Gasteiger partial charge in [-0.25, -0.2) is 9.97 Å². The zero-order valence-electron chi connectivity index (χ0n) is 18.7. The van der Waals surface area contributed by atoms with Crippen molar-refractivity contribution in [1.82, 2.24) is 19.3 Å². The summed E-state index contributed by atoms with van der Waals surface area (Å²) in [6, 6.07) is 12.7. The van der Waals surface area contributed by atoms with Crippen molar-refractivity contribution >= 4 is 22.4 Å². The summed E-state index contributed by atoms with van der Waals surface area (Å²) in [6.45, 7) is 9.54. The summed E-state index contributed by atoms with van der Waals surface area (Å²) in [6.07, 6.45) is 2.45. The van der Waals surface area contributed by atoms with Gasteiger partial charge in [-0.2, -0.15) is 0 Å². The second-order valence-corrected chi connectivity index (χ2v) is 9.01. The van der Waals surface area contributed by atoms with Crippen LogP contribution in [0.2, 0.25) is 0 Å². The van der Waals surface area contributed by atoms with Crippen molar-refractivity contribution in [2.75, 3.05) is 13.1 Å². The standard InChI is InChI=1S/C25H27N5O2/c1-16-9-11-28(12-10-16)15-23-18(3)26-24-17(2)13-20-7-8-22(27-25(20)29(23)24)19-5-4-6-21(14-19)30(31)32/h4-8,13-14,16H,9-12,15H2,1-3H3. The van der Waals surface area contributed by atoms with Crippen molar-refractivity contribution in [3.05, 3.63) is 69.5 Å². The molecule has 0 atom stereocenters. The normalized spacial score (nSPS) is 15.6. The Morgan fingerprint density at radius 1 is 1.06 bits per heavy atom. The van der Waals surface area contributed by atoms with Crippen LogP contribution in [0.3, 0.4) is 0 Å². The molecule has 0 spiro atoms. The molecule has 0 radical (unpaired) electrons. The average molecular weight is 430 g/mol. The fourth-order valence-corrected chi connectivity index (χ4v) is 4.66. The molecule has 1 aromatic carbocycles. The van der Waals surface area contributed by atoms with Gasteiger partial charge in [-0.05, 0) is 69.5 Å². The molecule has 164 valence electrons. The lowest BCUT2D eigenvalue weighted by Crippen LogP contribution is -2.33. The van der Waals surface area contributed by atoms with Crippen molar-refractivity contribution < 1.29 is 4.92 Å². The van der Waals surface area contributed by atoms with E-state index in [1.165, 1.54) is 24.6 Å². The van der Waals surface area contributed by atoms with Crippen molar-refractivity contribution in [3.63, 3.8) is 0 Å². The van der Waals surface area contributed by atoms with E-state index in [9.17, 15) is 10.1 Å². The zero-order chi connectivity index (χ0) is 22.4. The van der Waals surface area contributed by atoms with Crippen LogP contribution >= 0.6 is 0 Å². The predicted molar refractivity (Wildman–Crippen MR) is 126 cm³/mol. The highest BCUT2D eigenvalue weighted by Crippen LogP contribution is 2.29. The second-order valence-electron chi connectivity index (χ2n) is 9.01. The molecule has 7 heteroatoms. The van der Waals surface area contributed by atoms with E-state index in [2.05, 4.69) is 36.1 Å². The quantitative estimate of drug-likeness (QED) is 0.325. The van der Waals surface area contributed by atoms with Crippen LogP contribution in [0.1, 0.15) is 36.7 Å². The third kappa shape index (κ3) is 3.62. The van der Waals surface area contributed by atoms with Gasteiger partial charge in [-0.1, -0.05) is 19.1 Å². The van der Waals surface area contributed by atoms with Crippen LogP contribution in [0.5, 0.6) is 0 Å². The first-order valence-corrected chi connectivity index (χ1v) is 11.2. The van der Waals surface area contributed by atoms with Gasteiger partial charge in [-0.3, -0.25) is 19.4 Å². The largest absolute Gasteiger partial charge is 0.297 e. The molecule has 1 fully saturated rings. The van der Waals surface area contributed by atoms with Gasteiger partial charge in [0.2, 0.25) is 0 Å². The molecule has 4 aromatic rings. The smallest absolute Gasteiger partial charge is 0.270 e. The van der Waals surface area contributed by atoms with Crippen LogP contribution in [-0.2, 0) is 6.54 Å². The van der Waals surface area contributed by atoms with E-state index < -0.39 is 0 Å². The summed E-state index contributed by atoms with van der Waals surface area (Å²) in [5.74, 6) is 0.789. The fourth-order valence-electron chi connectivity index (χ4n) is 4.66. The maximum atomic E-state index is 11.2. The molecule has 1 saturated heterocycles. The van der Waals surface area contributed by atoms with Crippen LogP contribution in [0.15, 0.2) is 42.5 Å². The van der Waals surface area contributed by atoms with Crippen LogP contribution in [0, 0.1) is 29.9 Å². The molecule has 0 aliphatic carbocycles. The van der Waals surface area contributed by atoms with E-state index in [4.69, 9.17) is 9.97 Å². The molecule has 0 bridgehead atoms. The van der Waals surface area contributed by atoms with E-state index in [0.717, 1.165) is 64.7 Å². The number of pyridine rings is 2. The second kappa shape index (κ2) is 7.98. The number of imidazole rings is 1. The highest BCUT2D eigenvalue weighted by molar-refractivity contribution is 5.83. The Kier molecular flexibility index (Phi) is 5.13. The number of hydrogen-bond donors (Lipinski definition) is 0. The van der Waals surface area contributed by atoms with E-state index in [-0.39, 0.29) is 10.6 Å². The molecule has 32 heavy (non-hydrogen) atoms. The summed E-state index contributed by atoms with van der Waals surface area (Å²) < 4.78 is 2.19. The topological polar surface area (TPSA) is 76.6 Å². The molecule has 1 aliphatic rings. The van der Waals surface area contributed by atoms with Gasteiger partial charge in [0, 0.05) is 29.6 Å². The lowest BCUT2D eigenvalue weighted by molar-refractivity contribution is -0.384. The number of hydrogen-bond acceptors (Lipinski definition) is 5. The molecular formula is C25H27N5O2. The van der Waals surface area contributed by atoms with Crippen LogP contribution in [-0.4, -0.2) is 37.3 Å². The Morgan fingerprint density at radius 3 is 2.59 bits per heavy atom. The van der Waals surface area contributed by atoms with Crippen LogP contribution < -0.4 is 0 Å². The zero-order valence-corrected chi connectivity index (χ0v) is 18.7. The number of nitro groups is 1. The van der Waals surface area contributed by atoms with Gasteiger partial charge in [-0.15, -0.1) is 0 Å². The SMILES string of the molecule is Cc1nc2c(C)cc3ccc(-c4cccc([N+](=O)[O-])c4)nc3n2c1CN1CCC(C)CC1. The number of fused-ring (bicyclic) bond motifs is 3. The molecule has 1 aliphatic heterocycles. The van der Waals surface area contributed by atoms with Gasteiger partial charge >= 0.3 is 0 Å². The summed E-state index contributed by atoms with van der Waals surface area (Å²) in [4.78, 5) is 23.2. The monoisotopic (exact) mass is 429 g/mol. The van der Waals surface area contributed by atoms with Crippen molar-refractivity contribution in [2.24, 2.45) is 5.92 Å². The summed E-state index contributed by atoms with van der Waals surface area (Å²) in [7, 11) is 0. The van der Waals surface area contributed by atoms with E-state index in [0.29, 0.717) is 0 Å². The minimum Gasteiger partial charge on any atom is -0.297 e. The molecule has 0 unspecified atom stereocenters. The Balaban J connectivity index is 1.66. The number of aromatic nitrogens is 3. The first kappa shape index (κ1) is 20.6. The summed E-state index contributed by atoms with van der Waals surface area (Å²) in [5, 5.41) is 12.3. The molecule has 4 heterocycles. The predicted octanol–water partition coefficient (Wildman–Crippen LogP) is 5.31. The Hall–Kier alpha value is -3.32. The molecule has 0 amide bonds. The fraction of sp³-hybridized carbons (Fsp3) is 0.360. The number of nitrogens with zero attached hydrogens (tertiary/aromatic N) is 5. The number of nitro benzene ring substituents is 1. The maximum Gasteiger partial charge on any atom is 0.270 e. The minimum atomic E-state index is -0.372. The van der Waals surface area contributed by atoms with E-state index >= 15 is 0 Å². The molecular weight excluding hydrogens is 402 g/mol. The minimum absolute atomic E-state index is 0.0666. The van der Waals surface area contributed by atoms with Crippen molar-refractivity contribution in [3.8, 4) is 11.3 Å². The van der Waals surface area contributed by atoms with Crippen LogP contribution in [0.25, 0.3) is 27.9 Å². The van der Waals surface area contributed by atoms with Gasteiger partial charge < -0.3 is 0 Å². The average Bonchev–Trinajstić information content (AvgIpc) is 3.12. The molecule has 5 rings (SSSR count). The number of rotatable bonds is 4. The highest BCUT2D eigenvalue weighted by atomic mass is 16.6. The lowest BCUT2D eigenvalue weighted by atomic mass is 9.99. The molecule has 0 saturated carbocycles. The number of piperidine rings is 1. The number of likely N-dealkylation sites (tertiary alicyclic amines) is 1. The third-order valence-electron chi connectivity index (χ3n) is 6.62. The highest BCUT2D eigenvalue weighted by Gasteiger charge is 2.21. The molecule has 7 nitrogen and oxygen atoms in total.